The van der Waals surface area contributed by atoms with Crippen LogP contribution in [0.5, 0.6) is 0 Å². The fraction of sp³-hybridized carbons (Fsp3) is 0.667. The molecule has 1 saturated carbocycles. The van der Waals surface area contributed by atoms with Crippen molar-refractivity contribution < 1.29 is 4.74 Å². The second-order valence-corrected chi connectivity index (χ2v) is 7.17. The van der Waals surface area contributed by atoms with Gasteiger partial charge in [0.25, 0.3) is 0 Å². The maximum absolute atomic E-state index is 6.52. The van der Waals surface area contributed by atoms with Gasteiger partial charge >= 0.3 is 0 Å². The molecule has 1 aliphatic carbocycles. The van der Waals surface area contributed by atoms with E-state index in [9.17, 15) is 0 Å². The molecular formula is C18H25BrO. The van der Waals surface area contributed by atoms with Gasteiger partial charge in [0.1, 0.15) is 0 Å². The van der Waals surface area contributed by atoms with Crippen LogP contribution in [0, 0.1) is 0 Å². The van der Waals surface area contributed by atoms with Crippen LogP contribution < -0.4 is 0 Å². The lowest BCUT2D eigenvalue weighted by Crippen LogP contribution is -2.32. The molecule has 2 aliphatic rings. The highest BCUT2D eigenvalue weighted by atomic mass is 79.9. The summed E-state index contributed by atoms with van der Waals surface area (Å²) in [5.74, 6) is 0.583. The van der Waals surface area contributed by atoms with Crippen molar-refractivity contribution in [3.8, 4) is 0 Å². The Morgan fingerprint density at radius 3 is 2.55 bits per heavy atom. The average Bonchev–Trinajstić information content (AvgIpc) is 2.89. The summed E-state index contributed by atoms with van der Waals surface area (Å²) < 4.78 is 6.52. The second-order valence-electron chi connectivity index (χ2n) is 6.52. The molecule has 20 heavy (non-hydrogen) atoms. The zero-order valence-electron chi connectivity index (χ0n) is 12.2. The largest absolute Gasteiger partial charge is 0.372 e. The van der Waals surface area contributed by atoms with E-state index >= 15 is 0 Å². The molecule has 0 aromatic heterocycles. The monoisotopic (exact) mass is 336 g/mol. The van der Waals surface area contributed by atoms with Crippen LogP contribution in [0.3, 0.4) is 0 Å². The Bertz CT molecular complexity index is 411. The van der Waals surface area contributed by atoms with Gasteiger partial charge in [0.05, 0.1) is 11.7 Å². The normalized spacial score (nSPS) is 26.8. The third-order valence-corrected chi connectivity index (χ3v) is 5.89. The minimum Gasteiger partial charge on any atom is -0.372 e. The molecule has 0 amide bonds. The third kappa shape index (κ3) is 3.28. The van der Waals surface area contributed by atoms with E-state index in [2.05, 4.69) is 46.3 Å². The Kier molecular flexibility index (Phi) is 4.83. The standard InChI is InChI=1S/C18H25BrO/c19-14-16(15-7-3-1-4-8-15)13-17-9-12-18(20-17)10-5-2-6-11-18/h1,3-4,7-8,16-17H,2,5-6,9-14H2. The number of alkyl halides is 1. The Balaban J connectivity index is 1.60. The number of hydrogen-bond acceptors (Lipinski definition) is 1. The molecule has 1 aliphatic heterocycles. The number of halogens is 1. The first-order valence-corrected chi connectivity index (χ1v) is 9.22. The van der Waals surface area contributed by atoms with E-state index in [0.29, 0.717) is 12.0 Å². The van der Waals surface area contributed by atoms with Crippen LogP contribution in [0.4, 0.5) is 0 Å². The molecular weight excluding hydrogens is 312 g/mol. The van der Waals surface area contributed by atoms with Crippen molar-refractivity contribution in [3.05, 3.63) is 35.9 Å². The van der Waals surface area contributed by atoms with Crippen molar-refractivity contribution in [2.45, 2.75) is 69.0 Å². The van der Waals surface area contributed by atoms with E-state index in [-0.39, 0.29) is 5.60 Å². The number of ether oxygens (including phenoxy) is 1. The summed E-state index contributed by atoms with van der Waals surface area (Å²) in [5, 5.41) is 1.03. The number of hydrogen-bond donors (Lipinski definition) is 0. The topological polar surface area (TPSA) is 9.23 Å². The molecule has 1 aromatic carbocycles. The van der Waals surface area contributed by atoms with Gasteiger partial charge in [-0.3, -0.25) is 0 Å². The van der Waals surface area contributed by atoms with E-state index in [1.165, 1.54) is 50.5 Å². The lowest BCUT2D eigenvalue weighted by Gasteiger charge is -2.33. The first-order chi connectivity index (χ1) is 9.81. The Morgan fingerprint density at radius 2 is 1.85 bits per heavy atom. The van der Waals surface area contributed by atoms with Crippen LogP contribution in [-0.2, 0) is 4.74 Å². The molecule has 1 spiro atoms. The molecule has 2 fully saturated rings. The molecule has 2 heteroatoms. The zero-order chi connectivity index (χ0) is 13.8. The van der Waals surface area contributed by atoms with Gasteiger partial charge in [-0.15, -0.1) is 0 Å². The summed E-state index contributed by atoms with van der Waals surface area (Å²) in [6.07, 6.45) is 10.9. The van der Waals surface area contributed by atoms with Gasteiger partial charge in [0.15, 0.2) is 0 Å². The minimum atomic E-state index is 0.260. The van der Waals surface area contributed by atoms with Crippen LogP contribution >= 0.6 is 15.9 Å². The molecule has 2 unspecified atom stereocenters. The maximum atomic E-state index is 6.52. The van der Waals surface area contributed by atoms with Crippen molar-refractivity contribution in [1.29, 1.82) is 0 Å². The summed E-state index contributed by atoms with van der Waals surface area (Å²) in [6.45, 7) is 0. The van der Waals surface area contributed by atoms with Crippen LogP contribution in [-0.4, -0.2) is 17.0 Å². The van der Waals surface area contributed by atoms with E-state index in [0.717, 1.165) is 11.8 Å². The van der Waals surface area contributed by atoms with Crippen molar-refractivity contribution in [2.75, 3.05) is 5.33 Å². The Hall–Kier alpha value is -0.340. The molecule has 2 atom stereocenters. The Labute approximate surface area is 131 Å². The smallest absolute Gasteiger partial charge is 0.0687 e. The first kappa shape index (κ1) is 14.6. The van der Waals surface area contributed by atoms with Crippen LogP contribution in [0.15, 0.2) is 30.3 Å². The highest BCUT2D eigenvalue weighted by Gasteiger charge is 2.41. The van der Waals surface area contributed by atoms with E-state index < -0.39 is 0 Å². The van der Waals surface area contributed by atoms with Gasteiger partial charge in [-0.2, -0.15) is 0 Å². The third-order valence-electron chi connectivity index (χ3n) is 5.11. The van der Waals surface area contributed by atoms with Crippen LogP contribution in [0.2, 0.25) is 0 Å². The van der Waals surface area contributed by atoms with E-state index in [1.54, 1.807) is 0 Å². The lowest BCUT2D eigenvalue weighted by molar-refractivity contribution is -0.0668. The van der Waals surface area contributed by atoms with Crippen molar-refractivity contribution in [3.63, 3.8) is 0 Å². The van der Waals surface area contributed by atoms with Gasteiger partial charge in [-0.1, -0.05) is 65.5 Å². The summed E-state index contributed by atoms with van der Waals surface area (Å²) >= 11 is 3.69. The Morgan fingerprint density at radius 1 is 1.10 bits per heavy atom. The predicted molar refractivity (Wildman–Crippen MR) is 87.5 cm³/mol. The minimum absolute atomic E-state index is 0.260. The number of rotatable bonds is 4. The van der Waals surface area contributed by atoms with E-state index in [4.69, 9.17) is 4.74 Å². The van der Waals surface area contributed by atoms with Crippen LogP contribution in [0.1, 0.15) is 62.8 Å². The van der Waals surface area contributed by atoms with Gasteiger partial charge < -0.3 is 4.74 Å². The fourth-order valence-corrected chi connectivity index (χ4v) is 4.59. The fourth-order valence-electron chi connectivity index (χ4n) is 3.96. The summed E-state index contributed by atoms with van der Waals surface area (Å²) in [5.41, 5.74) is 1.70. The van der Waals surface area contributed by atoms with Gasteiger partial charge in [0.2, 0.25) is 0 Å². The summed E-state index contributed by atoms with van der Waals surface area (Å²) in [6, 6.07) is 10.9. The summed E-state index contributed by atoms with van der Waals surface area (Å²) in [4.78, 5) is 0. The molecule has 1 saturated heterocycles. The second kappa shape index (κ2) is 6.62. The SMILES string of the molecule is BrCC(CC1CCC2(CCCCC2)O1)c1ccccc1. The van der Waals surface area contributed by atoms with Gasteiger partial charge in [-0.05, 0) is 43.6 Å². The molecule has 1 nitrogen and oxygen atoms in total. The molecule has 0 bridgehead atoms. The quantitative estimate of drug-likeness (QED) is 0.665. The molecule has 1 heterocycles. The van der Waals surface area contributed by atoms with Crippen molar-refractivity contribution >= 4 is 15.9 Å². The van der Waals surface area contributed by atoms with Gasteiger partial charge in [-0.25, -0.2) is 0 Å². The average molecular weight is 337 g/mol. The summed E-state index contributed by atoms with van der Waals surface area (Å²) in [7, 11) is 0. The van der Waals surface area contributed by atoms with Crippen LogP contribution in [0.25, 0.3) is 0 Å². The highest BCUT2D eigenvalue weighted by Crippen LogP contribution is 2.44. The lowest BCUT2D eigenvalue weighted by atomic mass is 9.83. The van der Waals surface area contributed by atoms with Crippen molar-refractivity contribution in [2.24, 2.45) is 0 Å². The maximum Gasteiger partial charge on any atom is 0.0687 e. The highest BCUT2D eigenvalue weighted by molar-refractivity contribution is 9.09. The molecule has 3 rings (SSSR count). The number of benzene rings is 1. The predicted octanol–water partition coefficient (Wildman–Crippen LogP) is 5.44. The molecule has 0 N–H and O–H groups in total. The van der Waals surface area contributed by atoms with Crippen molar-refractivity contribution in [1.82, 2.24) is 0 Å². The van der Waals surface area contributed by atoms with E-state index in [1.807, 2.05) is 0 Å². The first-order valence-electron chi connectivity index (χ1n) is 8.10. The molecule has 1 aromatic rings. The molecule has 0 radical (unpaired) electrons. The molecule has 110 valence electrons. The van der Waals surface area contributed by atoms with Gasteiger partial charge in [0, 0.05) is 5.33 Å². The zero-order valence-corrected chi connectivity index (χ0v) is 13.8.